The molecule has 3 aromatic rings. The summed E-state index contributed by atoms with van der Waals surface area (Å²) in [6.07, 6.45) is 0. The monoisotopic (exact) mass is 306 g/mol. The molecule has 0 saturated heterocycles. The maximum Gasteiger partial charge on any atom is 0.255 e. The van der Waals surface area contributed by atoms with E-state index in [1.165, 1.54) is 0 Å². The molecule has 0 spiro atoms. The first kappa shape index (κ1) is 14.8. The Balaban J connectivity index is 1.81. The minimum atomic E-state index is -0.192. The van der Waals surface area contributed by atoms with E-state index < -0.39 is 0 Å². The number of benzene rings is 2. The predicted octanol–water partition coefficient (Wildman–Crippen LogP) is 3.32. The number of nitrogens with one attached hydrogen (secondary N) is 1. The molecular formula is C18H18N4O. The van der Waals surface area contributed by atoms with Crippen molar-refractivity contribution in [1.82, 2.24) is 9.78 Å². The fraction of sp³-hybridized carbons (Fsp3) is 0.111. The van der Waals surface area contributed by atoms with E-state index in [4.69, 9.17) is 5.73 Å². The number of nitrogens with zero attached hydrogens (tertiary/aromatic N) is 2. The molecule has 0 aliphatic carbocycles. The van der Waals surface area contributed by atoms with Gasteiger partial charge in [-0.2, -0.15) is 5.10 Å². The van der Waals surface area contributed by atoms with E-state index in [1.54, 1.807) is 24.3 Å². The van der Waals surface area contributed by atoms with Crippen molar-refractivity contribution in [3.05, 3.63) is 71.5 Å². The fourth-order valence-electron chi connectivity index (χ4n) is 2.45. The van der Waals surface area contributed by atoms with E-state index in [0.717, 1.165) is 17.1 Å². The van der Waals surface area contributed by atoms with Crippen molar-refractivity contribution >= 4 is 17.3 Å². The highest BCUT2D eigenvalue weighted by molar-refractivity contribution is 6.05. The molecule has 0 aliphatic rings. The second-order valence-corrected chi connectivity index (χ2v) is 5.43. The van der Waals surface area contributed by atoms with Crippen LogP contribution in [0.5, 0.6) is 0 Å². The van der Waals surface area contributed by atoms with Crippen molar-refractivity contribution in [3.8, 4) is 5.69 Å². The van der Waals surface area contributed by atoms with Crippen LogP contribution < -0.4 is 11.1 Å². The van der Waals surface area contributed by atoms with Crippen molar-refractivity contribution in [3.63, 3.8) is 0 Å². The van der Waals surface area contributed by atoms with Gasteiger partial charge in [0.2, 0.25) is 0 Å². The highest BCUT2D eigenvalue weighted by atomic mass is 16.1. The zero-order valence-corrected chi connectivity index (χ0v) is 13.1. The van der Waals surface area contributed by atoms with Crippen LogP contribution in [0.3, 0.4) is 0 Å². The number of amides is 1. The van der Waals surface area contributed by atoms with Gasteiger partial charge in [-0.3, -0.25) is 4.79 Å². The van der Waals surface area contributed by atoms with Crippen molar-refractivity contribution < 1.29 is 4.79 Å². The lowest BCUT2D eigenvalue weighted by Crippen LogP contribution is -2.13. The molecule has 1 amide bonds. The van der Waals surface area contributed by atoms with E-state index >= 15 is 0 Å². The zero-order chi connectivity index (χ0) is 16.4. The molecular weight excluding hydrogens is 288 g/mol. The van der Waals surface area contributed by atoms with Crippen molar-refractivity contribution in [1.29, 1.82) is 0 Å². The van der Waals surface area contributed by atoms with E-state index in [2.05, 4.69) is 10.4 Å². The average Bonchev–Trinajstić information content (AvgIpc) is 2.88. The lowest BCUT2D eigenvalue weighted by molar-refractivity contribution is 0.102. The maximum atomic E-state index is 12.3. The van der Waals surface area contributed by atoms with Crippen LogP contribution in [-0.2, 0) is 0 Å². The molecule has 1 aromatic heterocycles. The van der Waals surface area contributed by atoms with E-state index in [9.17, 15) is 4.79 Å². The van der Waals surface area contributed by atoms with Gasteiger partial charge < -0.3 is 11.1 Å². The maximum absolute atomic E-state index is 12.3. The normalized spacial score (nSPS) is 10.5. The highest BCUT2D eigenvalue weighted by Gasteiger charge is 2.09. The predicted molar refractivity (Wildman–Crippen MR) is 91.8 cm³/mol. The molecule has 0 aliphatic heterocycles. The summed E-state index contributed by atoms with van der Waals surface area (Å²) in [5, 5.41) is 7.25. The van der Waals surface area contributed by atoms with Gasteiger partial charge in [-0.1, -0.05) is 12.1 Å². The van der Waals surface area contributed by atoms with Gasteiger partial charge in [-0.15, -0.1) is 0 Å². The summed E-state index contributed by atoms with van der Waals surface area (Å²) in [5.74, 6) is -0.192. The zero-order valence-electron chi connectivity index (χ0n) is 13.1. The standard InChI is InChI=1S/C18H18N4O/c1-12-11-13(2)22(21-12)15-9-7-14(8-10-15)18(23)20-17-6-4-3-5-16(17)19/h3-11H,19H2,1-2H3,(H,20,23). The summed E-state index contributed by atoms with van der Waals surface area (Å²) in [7, 11) is 0. The molecule has 0 radical (unpaired) electrons. The third kappa shape index (κ3) is 3.08. The molecule has 1 heterocycles. The molecule has 0 atom stereocenters. The van der Waals surface area contributed by atoms with Crippen molar-refractivity contribution in [2.75, 3.05) is 11.1 Å². The number of anilines is 2. The summed E-state index contributed by atoms with van der Waals surface area (Å²) >= 11 is 0. The molecule has 5 heteroatoms. The summed E-state index contributed by atoms with van der Waals surface area (Å²) in [6, 6.07) is 16.5. The lowest BCUT2D eigenvalue weighted by Gasteiger charge is -2.09. The molecule has 0 saturated carbocycles. The first-order valence-electron chi connectivity index (χ1n) is 7.34. The summed E-state index contributed by atoms with van der Waals surface area (Å²) in [4.78, 5) is 12.3. The molecule has 116 valence electrons. The quantitative estimate of drug-likeness (QED) is 0.729. The first-order chi connectivity index (χ1) is 11.0. The van der Waals surface area contributed by atoms with Crippen LogP contribution in [0.2, 0.25) is 0 Å². The Kier molecular flexibility index (Phi) is 3.85. The lowest BCUT2D eigenvalue weighted by atomic mass is 10.2. The number of nitrogen functional groups attached to an aromatic ring is 1. The Labute approximate surface area is 134 Å². The van der Waals surface area contributed by atoms with Crippen LogP contribution in [0.1, 0.15) is 21.7 Å². The fourth-order valence-corrected chi connectivity index (χ4v) is 2.45. The second-order valence-electron chi connectivity index (χ2n) is 5.43. The van der Waals surface area contributed by atoms with Crippen LogP contribution in [0, 0.1) is 13.8 Å². The number of rotatable bonds is 3. The van der Waals surface area contributed by atoms with Gasteiger partial charge in [0.25, 0.3) is 5.91 Å². The van der Waals surface area contributed by atoms with Crippen LogP contribution in [0.25, 0.3) is 5.69 Å². The smallest absolute Gasteiger partial charge is 0.255 e. The number of carbonyl (C=O) groups excluding carboxylic acids is 1. The third-order valence-electron chi connectivity index (χ3n) is 3.59. The van der Waals surface area contributed by atoms with Crippen LogP contribution in [-0.4, -0.2) is 15.7 Å². The average molecular weight is 306 g/mol. The molecule has 0 bridgehead atoms. The first-order valence-corrected chi connectivity index (χ1v) is 7.34. The number of hydrogen-bond acceptors (Lipinski definition) is 3. The number of carbonyl (C=O) groups is 1. The van der Waals surface area contributed by atoms with E-state index in [0.29, 0.717) is 16.9 Å². The molecule has 3 rings (SSSR count). The van der Waals surface area contributed by atoms with Gasteiger partial charge in [0.05, 0.1) is 22.8 Å². The Morgan fingerprint density at radius 3 is 2.39 bits per heavy atom. The van der Waals surface area contributed by atoms with Crippen LogP contribution in [0.15, 0.2) is 54.6 Å². The van der Waals surface area contributed by atoms with Crippen molar-refractivity contribution in [2.24, 2.45) is 0 Å². The van der Waals surface area contributed by atoms with Gasteiger partial charge in [-0.05, 0) is 56.3 Å². The van der Waals surface area contributed by atoms with Gasteiger partial charge in [0.1, 0.15) is 0 Å². The summed E-state index contributed by atoms with van der Waals surface area (Å²) in [6.45, 7) is 3.95. The Bertz CT molecular complexity index is 850. The third-order valence-corrected chi connectivity index (χ3v) is 3.59. The van der Waals surface area contributed by atoms with Crippen LogP contribution in [0.4, 0.5) is 11.4 Å². The molecule has 23 heavy (non-hydrogen) atoms. The summed E-state index contributed by atoms with van der Waals surface area (Å²) < 4.78 is 1.85. The topological polar surface area (TPSA) is 72.9 Å². The van der Waals surface area contributed by atoms with Gasteiger partial charge >= 0.3 is 0 Å². The molecule has 0 unspecified atom stereocenters. The molecule has 5 nitrogen and oxygen atoms in total. The minimum Gasteiger partial charge on any atom is -0.397 e. The molecule has 0 fully saturated rings. The van der Waals surface area contributed by atoms with E-state index in [1.807, 2.05) is 48.9 Å². The number of hydrogen-bond donors (Lipinski definition) is 2. The Morgan fingerprint density at radius 2 is 1.78 bits per heavy atom. The summed E-state index contributed by atoms with van der Waals surface area (Å²) in [5.41, 5.74) is 10.5. The Morgan fingerprint density at radius 1 is 1.09 bits per heavy atom. The Hall–Kier alpha value is -3.08. The molecule has 3 N–H and O–H groups in total. The molecule has 2 aromatic carbocycles. The van der Waals surface area contributed by atoms with Crippen LogP contribution >= 0.6 is 0 Å². The largest absolute Gasteiger partial charge is 0.397 e. The SMILES string of the molecule is Cc1cc(C)n(-c2ccc(C(=O)Nc3ccccc3N)cc2)n1. The second kappa shape index (κ2) is 5.96. The number of para-hydroxylation sites is 2. The van der Waals surface area contributed by atoms with Crippen molar-refractivity contribution in [2.45, 2.75) is 13.8 Å². The van der Waals surface area contributed by atoms with Gasteiger partial charge in [0.15, 0.2) is 0 Å². The van der Waals surface area contributed by atoms with E-state index in [-0.39, 0.29) is 5.91 Å². The number of nitrogens with two attached hydrogens (primary N) is 1. The van der Waals surface area contributed by atoms with Gasteiger partial charge in [-0.25, -0.2) is 4.68 Å². The minimum absolute atomic E-state index is 0.192. The van der Waals surface area contributed by atoms with Gasteiger partial charge in [0, 0.05) is 11.3 Å². The highest BCUT2D eigenvalue weighted by Crippen LogP contribution is 2.18. The number of aryl methyl sites for hydroxylation is 2. The number of aromatic nitrogens is 2.